The van der Waals surface area contributed by atoms with Gasteiger partial charge >= 0.3 is 39.5 Å². The fraction of sp³-hybridized carbons (Fsp3) is 0.953. The van der Waals surface area contributed by atoms with E-state index in [0.717, 1.165) is 89.9 Å². The molecule has 0 amide bonds. The molecule has 624 valence electrons. The number of carbonyl (C=O) groups excluding carboxylic acids is 4. The SMILES string of the molecule is CCCCCCCCCCCCCCCCCCCCCCCCC(=O)O[C@H](COC(=O)CCCCCCCCCCCCCCCCCCCCCC)COP(=O)(O)OC[C@@H](O)COP(=O)(O)OC[C@@H](COC(=O)CCCCCCCCCCCC)OC(=O)CCCCCCCCCCCCCCC. The van der Waals surface area contributed by atoms with Gasteiger partial charge in [0.25, 0.3) is 0 Å². The molecular formula is C86H168O17P2. The number of esters is 4. The summed E-state index contributed by atoms with van der Waals surface area (Å²) in [6.07, 6.45) is 75.1. The molecule has 17 nitrogen and oxygen atoms in total. The number of ether oxygens (including phenoxy) is 4. The Labute approximate surface area is 645 Å². The molecule has 0 heterocycles. The summed E-state index contributed by atoms with van der Waals surface area (Å²) in [5, 5.41) is 10.7. The molecule has 0 aliphatic rings. The first-order valence-electron chi connectivity index (χ1n) is 44.8. The van der Waals surface area contributed by atoms with Crippen LogP contribution in [0.5, 0.6) is 0 Å². The molecule has 5 atom stereocenters. The van der Waals surface area contributed by atoms with Crippen LogP contribution < -0.4 is 0 Å². The third kappa shape index (κ3) is 79.9. The number of phosphoric acid groups is 2. The zero-order valence-electron chi connectivity index (χ0n) is 68.7. The Hall–Kier alpha value is -1.94. The second-order valence-corrected chi connectivity index (χ2v) is 33.8. The van der Waals surface area contributed by atoms with Crippen molar-refractivity contribution in [1.82, 2.24) is 0 Å². The molecule has 0 rings (SSSR count). The first-order valence-corrected chi connectivity index (χ1v) is 47.8. The van der Waals surface area contributed by atoms with Gasteiger partial charge in [-0.25, -0.2) is 9.13 Å². The molecule has 0 aliphatic carbocycles. The fourth-order valence-electron chi connectivity index (χ4n) is 13.5. The largest absolute Gasteiger partial charge is 0.472 e. The average molecular weight is 1540 g/mol. The van der Waals surface area contributed by atoms with E-state index in [2.05, 4.69) is 27.7 Å². The number of aliphatic hydroxyl groups is 1. The maximum atomic E-state index is 13.1. The van der Waals surface area contributed by atoms with Crippen LogP contribution >= 0.6 is 15.6 Å². The summed E-state index contributed by atoms with van der Waals surface area (Å²) in [4.78, 5) is 73.1. The van der Waals surface area contributed by atoms with Gasteiger partial charge < -0.3 is 33.8 Å². The topological polar surface area (TPSA) is 237 Å². The van der Waals surface area contributed by atoms with Crippen LogP contribution in [0.15, 0.2) is 0 Å². The number of hydrogen-bond donors (Lipinski definition) is 3. The summed E-state index contributed by atoms with van der Waals surface area (Å²) in [6.45, 7) is 5.04. The van der Waals surface area contributed by atoms with Crippen molar-refractivity contribution in [3.8, 4) is 0 Å². The van der Waals surface area contributed by atoms with Crippen molar-refractivity contribution >= 4 is 39.5 Å². The minimum absolute atomic E-state index is 0.109. The van der Waals surface area contributed by atoms with Gasteiger partial charge in [0.15, 0.2) is 12.2 Å². The average Bonchev–Trinajstić information content (AvgIpc) is 0.910. The molecule has 0 fully saturated rings. The second kappa shape index (κ2) is 80.1. The summed E-state index contributed by atoms with van der Waals surface area (Å²) in [5.41, 5.74) is 0. The van der Waals surface area contributed by atoms with Crippen LogP contribution in [-0.4, -0.2) is 96.7 Å². The minimum atomic E-state index is -4.96. The van der Waals surface area contributed by atoms with E-state index in [4.69, 9.17) is 37.0 Å². The number of carbonyl (C=O) groups is 4. The number of rotatable bonds is 87. The van der Waals surface area contributed by atoms with Gasteiger partial charge in [-0.2, -0.15) is 0 Å². The molecule has 3 N–H and O–H groups in total. The second-order valence-electron chi connectivity index (χ2n) is 30.9. The Morgan fingerprint density at radius 1 is 0.229 bits per heavy atom. The minimum Gasteiger partial charge on any atom is -0.462 e. The standard InChI is InChI=1S/C86H168O17P2/c1-5-9-13-17-21-25-29-32-34-36-38-40-41-43-45-47-50-53-57-61-65-69-73-86(91)103-82(77-97-84(89)71-67-63-59-55-51-49-46-44-42-39-37-35-33-30-26-22-18-14-10-6-2)79-101-105(94,95)99-75-80(87)74-98-104(92,93)100-78-81(76-96-83(88)70-66-62-58-54-28-24-20-16-12-8-4)102-85(90)72-68-64-60-56-52-48-31-27-23-19-15-11-7-3/h80-82,87H,5-79H2,1-4H3,(H,92,93)(H,94,95)/t80-,81+,82+/m0/s1. The third-order valence-corrected chi connectivity index (χ3v) is 22.3. The zero-order valence-corrected chi connectivity index (χ0v) is 70.5. The number of aliphatic hydroxyl groups excluding tert-OH is 1. The Kier molecular flexibility index (Phi) is 78.6. The summed E-state index contributed by atoms with van der Waals surface area (Å²) < 4.78 is 68.8. The summed E-state index contributed by atoms with van der Waals surface area (Å²) >= 11 is 0. The Bertz CT molecular complexity index is 1980. The van der Waals surface area contributed by atoms with Gasteiger partial charge in [0.1, 0.15) is 19.3 Å². The van der Waals surface area contributed by atoms with Gasteiger partial charge in [-0.15, -0.1) is 0 Å². The summed E-state index contributed by atoms with van der Waals surface area (Å²) in [5.74, 6) is -2.10. The quantitative estimate of drug-likeness (QED) is 0.0222. The van der Waals surface area contributed by atoms with Gasteiger partial charge in [0.05, 0.1) is 26.4 Å². The summed E-state index contributed by atoms with van der Waals surface area (Å²) in [6, 6.07) is 0. The van der Waals surface area contributed by atoms with E-state index >= 15 is 0 Å². The van der Waals surface area contributed by atoms with Crippen molar-refractivity contribution in [3.63, 3.8) is 0 Å². The number of phosphoric ester groups is 2. The van der Waals surface area contributed by atoms with Gasteiger partial charge in [-0.1, -0.05) is 419 Å². The van der Waals surface area contributed by atoms with Crippen LogP contribution in [0.1, 0.15) is 471 Å². The molecule has 0 spiro atoms. The monoisotopic (exact) mass is 1540 g/mol. The van der Waals surface area contributed by atoms with Crippen molar-refractivity contribution in [2.24, 2.45) is 0 Å². The highest BCUT2D eigenvalue weighted by Crippen LogP contribution is 2.45. The first-order chi connectivity index (χ1) is 51.2. The van der Waals surface area contributed by atoms with Crippen molar-refractivity contribution in [2.45, 2.75) is 489 Å². The zero-order chi connectivity index (χ0) is 76.7. The molecule has 0 bridgehead atoms. The van der Waals surface area contributed by atoms with E-state index in [1.807, 2.05) is 0 Å². The van der Waals surface area contributed by atoms with Gasteiger partial charge in [-0.3, -0.25) is 37.3 Å². The van der Waals surface area contributed by atoms with Crippen molar-refractivity contribution in [3.05, 3.63) is 0 Å². The maximum Gasteiger partial charge on any atom is 0.472 e. The lowest BCUT2D eigenvalue weighted by molar-refractivity contribution is -0.161. The molecule has 0 aromatic heterocycles. The molecule has 0 aliphatic heterocycles. The van der Waals surface area contributed by atoms with Crippen LogP contribution in [0.3, 0.4) is 0 Å². The highest BCUT2D eigenvalue weighted by Gasteiger charge is 2.30. The molecule has 105 heavy (non-hydrogen) atoms. The predicted octanol–water partition coefficient (Wildman–Crippen LogP) is 26.5. The highest BCUT2D eigenvalue weighted by atomic mass is 31.2. The molecule has 0 saturated carbocycles. The molecule has 0 radical (unpaired) electrons. The number of unbranched alkanes of at least 4 members (excludes halogenated alkanes) is 61. The van der Waals surface area contributed by atoms with E-state index in [-0.39, 0.29) is 25.7 Å². The fourth-order valence-corrected chi connectivity index (χ4v) is 15.1. The summed E-state index contributed by atoms with van der Waals surface area (Å²) in [7, 11) is -9.92. The maximum absolute atomic E-state index is 13.1. The van der Waals surface area contributed by atoms with E-state index in [1.165, 1.54) is 302 Å². The molecule has 2 unspecified atom stereocenters. The van der Waals surface area contributed by atoms with Crippen LogP contribution in [-0.2, 0) is 65.4 Å². The molecule has 0 aromatic carbocycles. The lowest BCUT2D eigenvalue weighted by Crippen LogP contribution is -2.30. The Balaban J connectivity index is 5.19. The Morgan fingerprint density at radius 3 is 0.562 bits per heavy atom. The molecule has 0 aromatic rings. The lowest BCUT2D eigenvalue weighted by Gasteiger charge is -2.21. The van der Waals surface area contributed by atoms with Crippen molar-refractivity contribution in [2.75, 3.05) is 39.6 Å². The smallest absolute Gasteiger partial charge is 0.462 e. The number of hydrogen-bond acceptors (Lipinski definition) is 15. The molecular weight excluding hydrogens is 1370 g/mol. The van der Waals surface area contributed by atoms with Gasteiger partial charge in [0.2, 0.25) is 0 Å². The van der Waals surface area contributed by atoms with E-state index < -0.39 is 97.5 Å². The highest BCUT2D eigenvalue weighted by molar-refractivity contribution is 7.47. The third-order valence-electron chi connectivity index (χ3n) is 20.4. The van der Waals surface area contributed by atoms with Crippen molar-refractivity contribution < 1.29 is 80.2 Å². The van der Waals surface area contributed by atoms with Crippen LogP contribution in [0, 0.1) is 0 Å². The first kappa shape index (κ1) is 103. The van der Waals surface area contributed by atoms with Crippen LogP contribution in [0.2, 0.25) is 0 Å². The van der Waals surface area contributed by atoms with Crippen LogP contribution in [0.4, 0.5) is 0 Å². The van der Waals surface area contributed by atoms with Gasteiger partial charge in [0, 0.05) is 25.7 Å². The van der Waals surface area contributed by atoms with Gasteiger partial charge in [-0.05, 0) is 25.7 Å². The molecule has 0 saturated heterocycles. The van der Waals surface area contributed by atoms with E-state index in [0.29, 0.717) is 25.7 Å². The van der Waals surface area contributed by atoms with E-state index in [1.54, 1.807) is 0 Å². The molecule has 19 heteroatoms. The predicted molar refractivity (Wildman–Crippen MR) is 432 cm³/mol. The van der Waals surface area contributed by atoms with E-state index in [9.17, 15) is 43.2 Å². The normalized spacial score (nSPS) is 13.7. The Morgan fingerprint density at radius 2 is 0.381 bits per heavy atom. The lowest BCUT2D eigenvalue weighted by atomic mass is 10.0. The van der Waals surface area contributed by atoms with Crippen molar-refractivity contribution in [1.29, 1.82) is 0 Å². The van der Waals surface area contributed by atoms with Crippen LogP contribution in [0.25, 0.3) is 0 Å².